The van der Waals surface area contributed by atoms with Crippen molar-refractivity contribution in [1.82, 2.24) is 0 Å². The molecular weight excluding hydrogens is 232 g/mol. The van der Waals surface area contributed by atoms with E-state index in [0.717, 1.165) is 23.6 Å². The lowest BCUT2D eigenvalue weighted by atomic mass is 9.67. The molecule has 0 spiro atoms. The maximum atomic E-state index is 6.23. The molecule has 0 saturated heterocycles. The third kappa shape index (κ3) is 2.30. The van der Waals surface area contributed by atoms with E-state index in [2.05, 4.69) is 19.4 Å². The molecule has 1 aromatic rings. The minimum absolute atomic E-state index is 0.231. The van der Waals surface area contributed by atoms with Crippen molar-refractivity contribution in [2.24, 2.45) is 0 Å². The Morgan fingerprint density at radius 2 is 2.24 bits per heavy atom. The molecule has 1 aliphatic rings. The second-order valence-electron chi connectivity index (χ2n) is 4.84. The topological polar surface area (TPSA) is 9.23 Å². The van der Waals surface area contributed by atoms with Gasteiger partial charge in [-0.15, -0.1) is 0 Å². The van der Waals surface area contributed by atoms with Gasteiger partial charge < -0.3 is 4.74 Å². The van der Waals surface area contributed by atoms with E-state index in [4.69, 9.17) is 16.3 Å². The monoisotopic (exact) mass is 251 g/mol. The maximum Gasteiger partial charge on any atom is 0.141 e. The lowest BCUT2D eigenvalue weighted by molar-refractivity contribution is 0.308. The van der Waals surface area contributed by atoms with Crippen molar-refractivity contribution >= 4 is 11.6 Å². The van der Waals surface area contributed by atoms with Gasteiger partial charge in [-0.2, -0.15) is 0 Å². The van der Waals surface area contributed by atoms with E-state index in [1.807, 2.05) is 12.1 Å². The molecule has 1 saturated carbocycles. The van der Waals surface area contributed by atoms with E-state index >= 15 is 0 Å². The molecule has 1 radical (unpaired) electrons. The predicted molar refractivity (Wildman–Crippen MR) is 72.7 cm³/mol. The SMILES string of the molecule is CCC1(c2cccc(Cl)c2OC)C[CH]CCC1. The molecular formula is C15H20ClO. The Hall–Kier alpha value is -0.690. The first-order valence-corrected chi connectivity index (χ1v) is 6.76. The number of rotatable bonds is 3. The Balaban J connectivity index is 2.46. The Kier molecular flexibility index (Phi) is 3.98. The van der Waals surface area contributed by atoms with Crippen molar-refractivity contribution in [3.8, 4) is 5.75 Å². The first kappa shape index (κ1) is 12.8. The summed E-state index contributed by atoms with van der Waals surface area (Å²) in [5, 5.41) is 0.725. The summed E-state index contributed by atoms with van der Waals surface area (Å²) in [7, 11) is 1.71. The van der Waals surface area contributed by atoms with Crippen LogP contribution >= 0.6 is 11.6 Å². The van der Waals surface area contributed by atoms with Gasteiger partial charge >= 0.3 is 0 Å². The van der Waals surface area contributed by atoms with Crippen molar-refractivity contribution < 1.29 is 4.74 Å². The molecule has 1 nitrogen and oxygen atoms in total. The van der Waals surface area contributed by atoms with Crippen molar-refractivity contribution in [3.05, 3.63) is 35.2 Å². The number of halogens is 1. The van der Waals surface area contributed by atoms with Crippen LogP contribution in [0.4, 0.5) is 0 Å². The second-order valence-corrected chi connectivity index (χ2v) is 5.25. The van der Waals surface area contributed by atoms with Crippen molar-refractivity contribution in [2.75, 3.05) is 7.11 Å². The molecule has 0 heterocycles. The van der Waals surface area contributed by atoms with E-state index in [9.17, 15) is 0 Å². The highest BCUT2D eigenvalue weighted by atomic mass is 35.5. The van der Waals surface area contributed by atoms with E-state index in [1.54, 1.807) is 7.11 Å². The summed E-state index contributed by atoms with van der Waals surface area (Å²) < 4.78 is 5.51. The van der Waals surface area contributed by atoms with Crippen LogP contribution < -0.4 is 4.74 Å². The van der Waals surface area contributed by atoms with Gasteiger partial charge in [0.25, 0.3) is 0 Å². The fourth-order valence-corrected chi connectivity index (χ4v) is 3.21. The Morgan fingerprint density at radius 1 is 1.41 bits per heavy atom. The third-order valence-electron chi connectivity index (χ3n) is 4.02. The summed E-state index contributed by atoms with van der Waals surface area (Å²) in [4.78, 5) is 0. The molecule has 0 bridgehead atoms. The van der Waals surface area contributed by atoms with Crippen molar-refractivity contribution in [1.29, 1.82) is 0 Å². The van der Waals surface area contributed by atoms with E-state index in [1.165, 1.54) is 24.8 Å². The third-order valence-corrected chi connectivity index (χ3v) is 4.32. The van der Waals surface area contributed by atoms with Gasteiger partial charge in [-0.1, -0.05) is 43.5 Å². The highest BCUT2D eigenvalue weighted by Crippen LogP contribution is 2.46. The van der Waals surface area contributed by atoms with Crippen LogP contribution in [0.5, 0.6) is 5.75 Å². The molecule has 1 aliphatic carbocycles. The fraction of sp³-hybridized carbons (Fsp3) is 0.533. The molecule has 93 valence electrons. The zero-order valence-electron chi connectivity index (χ0n) is 10.6. The maximum absolute atomic E-state index is 6.23. The van der Waals surface area contributed by atoms with E-state index < -0.39 is 0 Å². The van der Waals surface area contributed by atoms with Crippen LogP contribution in [0.15, 0.2) is 18.2 Å². The number of methoxy groups -OCH3 is 1. The summed E-state index contributed by atoms with van der Waals surface area (Å²) in [5.74, 6) is 0.867. The predicted octanol–water partition coefficient (Wildman–Crippen LogP) is 4.77. The van der Waals surface area contributed by atoms with Gasteiger partial charge in [0.15, 0.2) is 0 Å². The summed E-state index contributed by atoms with van der Waals surface area (Å²) >= 11 is 6.23. The van der Waals surface area contributed by atoms with Gasteiger partial charge in [0.2, 0.25) is 0 Å². The van der Waals surface area contributed by atoms with Gasteiger partial charge in [0.1, 0.15) is 5.75 Å². The standard InChI is InChI=1S/C15H20ClO/c1-3-15(10-5-4-6-11-15)12-8-7-9-13(16)14(12)17-2/h5,7-9H,3-4,6,10-11H2,1-2H3. The lowest BCUT2D eigenvalue weighted by Gasteiger charge is -2.38. The summed E-state index contributed by atoms with van der Waals surface area (Å²) in [6.07, 6.45) is 8.43. The molecule has 0 aliphatic heterocycles. The molecule has 1 aromatic carbocycles. The highest BCUT2D eigenvalue weighted by Gasteiger charge is 2.35. The number of hydrogen-bond acceptors (Lipinski definition) is 1. The van der Waals surface area contributed by atoms with Crippen LogP contribution in [-0.2, 0) is 5.41 Å². The van der Waals surface area contributed by atoms with Gasteiger partial charge in [0, 0.05) is 5.56 Å². The smallest absolute Gasteiger partial charge is 0.141 e. The normalized spacial score (nSPS) is 19.0. The summed E-state index contributed by atoms with van der Waals surface area (Å²) in [6.45, 7) is 2.26. The molecule has 17 heavy (non-hydrogen) atoms. The van der Waals surface area contributed by atoms with Crippen molar-refractivity contribution in [3.63, 3.8) is 0 Å². The molecule has 0 aromatic heterocycles. The van der Waals surface area contributed by atoms with Crippen LogP contribution in [-0.4, -0.2) is 7.11 Å². The molecule has 0 amide bonds. The Labute approximate surface area is 109 Å². The van der Waals surface area contributed by atoms with Gasteiger partial charge in [0.05, 0.1) is 12.1 Å². The van der Waals surface area contributed by atoms with E-state index in [0.29, 0.717) is 0 Å². The number of para-hydroxylation sites is 1. The molecule has 1 unspecified atom stereocenters. The van der Waals surface area contributed by atoms with Gasteiger partial charge in [-0.3, -0.25) is 0 Å². The Bertz CT molecular complexity index is 381. The minimum Gasteiger partial charge on any atom is -0.495 e. The number of benzene rings is 1. The largest absolute Gasteiger partial charge is 0.495 e. The van der Waals surface area contributed by atoms with Crippen LogP contribution in [0.2, 0.25) is 5.02 Å². The molecule has 1 atom stereocenters. The van der Waals surface area contributed by atoms with Crippen LogP contribution in [0, 0.1) is 6.42 Å². The number of ether oxygens (including phenoxy) is 1. The van der Waals surface area contributed by atoms with Gasteiger partial charge in [-0.05, 0) is 37.2 Å². The van der Waals surface area contributed by atoms with Crippen LogP contribution in [0.25, 0.3) is 0 Å². The molecule has 0 N–H and O–H groups in total. The summed E-state index contributed by atoms with van der Waals surface area (Å²) in [6, 6.07) is 6.11. The summed E-state index contributed by atoms with van der Waals surface area (Å²) in [5.41, 5.74) is 1.51. The molecule has 1 fully saturated rings. The molecule has 2 rings (SSSR count). The van der Waals surface area contributed by atoms with E-state index in [-0.39, 0.29) is 5.41 Å². The highest BCUT2D eigenvalue weighted by molar-refractivity contribution is 6.32. The lowest BCUT2D eigenvalue weighted by Crippen LogP contribution is -2.29. The zero-order valence-corrected chi connectivity index (χ0v) is 11.4. The Morgan fingerprint density at radius 3 is 2.82 bits per heavy atom. The number of hydrogen-bond donors (Lipinski definition) is 0. The van der Waals surface area contributed by atoms with Crippen molar-refractivity contribution in [2.45, 2.75) is 44.4 Å². The average Bonchev–Trinajstić information content (AvgIpc) is 2.39. The second kappa shape index (κ2) is 5.30. The quantitative estimate of drug-likeness (QED) is 0.752. The zero-order chi connectivity index (χ0) is 12.3. The van der Waals surface area contributed by atoms with Crippen LogP contribution in [0.3, 0.4) is 0 Å². The van der Waals surface area contributed by atoms with Gasteiger partial charge in [-0.25, -0.2) is 0 Å². The fourth-order valence-electron chi connectivity index (χ4n) is 2.96. The minimum atomic E-state index is 0.231. The molecule has 2 heteroatoms. The van der Waals surface area contributed by atoms with Crippen LogP contribution in [0.1, 0.15) is 44.6 Å². The first-order chi connectivity index (χ1) is 8.23. The first-order valence-electron chi connectivity index (χ1n) is 6.38. The average molecular weight is 252 g/mol.